The van der Waals surface area contributed by atoms with Crippen LogP contribution >= 0.6 is 23.1 Å². The van der Waals surface area contributed by atoms with E-state index < -0.39 is 0 Å². The number of nitrogens with zero attached hydrogens (tertiary/aromatic N) is 2. The second-order valence-electron chi connectivity index (χ2n) is 6.93. The van der Waals surface area contributed by atoms with Gasteiger partial charge in [0, 0.05) is 10.6 Å². The number of thioether (sulfide) groups is 1. The van der Waals surface area contributed by atoms with Crippen LogP contribution in [0.25, 0.3) is 15.9 Å². The number of aryl methyl sites for hydroxylation is 3. The first kappa shape index (κ1) is 19.9. The third kappa shape index (κ3) is 3.74. The number of rotatable bonds is 5. The van der Waals surface area contributed by atoms with Crippen molar-refractivity contribution in [3.63, 3.8) is 0 Å². The fourth-order valence-electron chi connectivity index (χ4n) is 3.32. The van der Waals surface area contributed by atoms with Gasteiger partial charge in [0.2, 0.25) is 0 Å². The quantitative estimate of drug-likeness (QED) is 0.289. The van der Waals surface area contributed by atoms with Gasteiger partial charge in [-0.2, -0.15) is 0 Å². The van der Waals surface area contributed by atoms with Crippen LogP contribution in [0.4, 0.5) is 4.39 Å². The average molecular weight is 425 g/mol. The Hall–Kier alpha value is -2.44. The summed E-state index contributed by atoms with van der Waals surface area (Å²) in [6.45, 7) is 6.09. The highest BCUT2D eigenvalue weighted by atomic mass is 32.2. The number of benzene rings is 2. The number of hydrogen-bond donors (Lipinski definition) is 0. The van der Waals surface area contributed by atoms with E-state index in [9.17, 15) is 9.18 Å². The third-order valence-corrected chi connectivity index (χ3v) is 7.28. The number of thiophene rings is 1. The molecule has 2 aromatic heterocycles. The molecule has 3 nitrogen and oxygen atoms in total. The minimum absolute atomic E-state index is 0.0664. The molecular formula is C23H21FN2OS2. The lowest BCUT2D eigenvalue weighted by atomic mass is 10.2. The molecule has 0 aliphatic rings. The molecule has 0 atom stereocenters. The zero-order valence-electron chi connectivity index (χ0n) is 16.5. The van der Waals surface area contributed by atoms with Gasteiger partial charge in [-0.05, 0) is 49.6 Å². The Kier molecular flexibility index (Phi) is 5.56. The summed E-state index contributed by atoms with van der Waals surface area (Å²) in [4.78, 5) is 20.3. The van der Waals surface area contributed by atoms with E-state index in [0.29, 0.717) is 21.9 Å². The summed E-state index contributed by atoms with van der Waals surface area (Å²) in [6, 6.07) is 14.5. The maximum Gasteiger partial charge on any atom is 0.267 e. The van der Waals surface area contributed by atoms with Gasteiger partial charge in [0.25, 0.3) is 5.56 Å². The predicted octanol–water partition coefficient (Wildman–Crippen LogP) is 6.06. The van der Waals surface area contributed by atoms with Crippen molar-refractivity contribution in [2.24, 2.45) is 0 Å². The van der Waals surface area contributed by atoms with Gasteiger partial charge in [0.05, 0.1) is 11.1 Å². The summed E-state index contributed by atoms with van der Waals surface area (Å²) in [6.07, 6.45) is 0.870. The van der Waals surface area contributed by atoms with Crippen LogP contribution in [0, 0.1) is 19.7 Å². The van der Waals surface area contributed by atoms with Gasteiger partial charge in [-0.15, -0.1) is 11.3 Å². The predicted molar refractivity (Wildman–Crippen MR) is 120 cm³/mol. The van der Waals surface area contributed by atoms with E-state index in [-0.39, 0.29) is 11.4 Å². The second kappa shape index (κ2) is 8.13. The van der Waals surface area contributed by atoms with E-state index in [0.717, 1.165) is 28.1 Å². The van der Waals surface area contributed by atoms with Crippen LogP contribution < -0.4 is 5.56 Å². The Morgan fingerprint density at radius 3 is 2.52 bits per heavy atom. The zero-order valence-corrected chi connectivity index (χ0v) is 18.2. The van der Waals surface area contributed by atoms with Gasteiger partial charge in [-0.1, -0.05) is 54.6 Å². The Morgan fingerprint density at radius 2 is 1.83 bits per heavy atom. The van der Waals surface area contributed by atoms with Crippen molar-refractivity contribution in [1.29, 1.82) is 0 Å². The lowest BCUT2D eigenvalue weighted by Gasteiger charge is -2.13. The summed E-state index contributed by atoms with van der Waals surface area (Å²) in [5, 5.41) is 1.26. The third-order valence-electron chi connectivity index (χ3n) is 4.96. The molecule has 0 saturated carbocycles. The SMILES string of the molecule is CCc1sc2nc(SCc3ccccc3F)n(-c3ccc(C)cc3)c(=O)c2c1C. The van der Waals surface area contributed by atoms with Crippen LogP contribution in [-0.4, -0.2) is 9.55 Å². The molecule has 6 heteroatoms. The summed E-state index contributed by atoms with van der Waals surface area (Å²) in [5.41, 5.74) is 3.44. The van der Waals surface area contributed by atoms with Gasteiger partial charge in [0.1, 0.15) is 10.6 Å². The Balaban J connectivity index is 1.89. The van der Waals surface area contributed by atoms with Gasteiger partial charge in [0.15, 0.2) is 5.16 Å². The molecule has 148 valence electrons. The molecule has 0 fully saturated rings. The summed E-state index contributed by atoms with van der Waals surface area (Å²) in [7, 11) is 0. The van der Waals surface area contributed by atoms with Crippen molar-refractivity contribution in [1.82, 2.24) is 9.55 Å². The summed E-state index contributed by atoms with van der Waals surface area (Å²) < 4.78 is 15.8. The molecule has 0 amide bonds. The van der Waals surface area contributed by atoms with Crippen LogP contribution in [0.1, 0.15) is 28.5 Å². The highest BCUT2D eigenvalue weighted by molar-refractivity contribution is 7.98. The standard InChI is InChI=1S/C23H21FN2OS2/c1-4-19-15(3)20-21(29-19)25-23(28-13-16-7-5-6-8-18(16)24)26(22(20)27)17-11-9-14(2)10-12-17/h5-12H,4,13H2,1-3H3. The largest absolute Gasteiger partial charge is 0.268 e. The fourth-order valence-corrected chi connectivity index (χ4v) is 5.48. The van der Waals surface area contributed by atoms with E-state index in [2.05, 4.69) is 6.92 Å². The van der Waals surface area contributed by atoms with E-state index in [1.54, 1.807) is 28.0 Å². The number of halogens is 1. The van der Waals surface area contributed by atoms with Crippen molar-refractivity contribution in [2.45, 2.75) is 38.1 Å². The molecule has 0 aliphatic carbocycles. The van der Waals surface area contributed by atoms with E-state index >= 15 is 0 Å². The fraction of sp³-hybridized carbons (Fsp3) is 0.217. The molecule has 4 rings (SSSR count). The molecule has 0 radical (unpaired) electrons. The van der Waals surface area contributed by atoms with Crippen molar-refractivity contribution >= 4 is 33.3 Å². The molecule has 0 aliphatic heterocycles. The second-order valence-corrected chi connectivity index (χ2v) is 8.96. The normalized spacial score (nSPS) is 11.3. The Bertz CT molecular complexity index is 1240. The molecule has 2 heterocycles. The van der Waals surface area contributed by atoms with E-state index in [4.69, 9.17) is 4.98 Å². The zero-order chi connectivity index (χ0) is 20.5. The molecule has 0 saturated heterocycles. The maximum absolute atomic E-state index is 14.1. The minimum atomic E-state index is -0.245. The first-order valence-electron chi connectivity index (χ1n) is 9.48. The van der Waals surface area contributed by atoms with Crippen LogP contribution in [0.2, 0.25) is 0 Å². The number of fused-ring (bicyclic) bond motifs is 1. The lowest BCUT2D eigenvalue weighted by molar-refractivity contribution is 0.617. The van der Waals surface area contributed by atoms with Gasteiger partial charge >= 0.3 is 0 Å². The highest BCUT2D eigenvalue weighted by Gasteiger charge is 2.19. The van der Waals surface area contributed by atoms with Crippen molar-refractivity contribution in [3.8, 4) is 5.69 Å². The highest BCUT2D eigenvalue weighted by Crippen LogP contribution is 2.31. The number of aromatic nitrogens is 2. The molecule has 0 spiro atoms. The van der Waals surface area contributed by atoms with Gasteiger partial charge in [-0.25, -0.2) is 9.37 Å². The van der Waals surface area contributed by atoms with Crippen LogP contribution in [-0.2, 0) is 12.2 Å². The first-order valence-corrected chi connectivity index (χ1v) is 11.3. The molecule has 0 unspecified atom stereocenters. The average Bonchev–Trinajstić information content (AvgIpc) is 3.04. The van der Waals surface area contributed by atoms with Crippen LogP contribution in [0.3, 0.4) is 0 Å². The van der Waals surface area contributed by atoms with Crippen molar-refractivity contribution in [3.05, 3.63) is 86.3 Å². The first-order chi connectivity index (χ1) is 14.0. The molecule has 29 heavy (non-hydrogen) atoms. The topological polar surface area (TPSA) is 34.9 Å². The number of hydrogen-bond acceptors (Lipinski definition) is 4. The van der Waals surface area contributed by atoms with E-state index in [1.807, 2.05) is 44.2 Å². The molecule has 4 aromatic rings. The smallest absolute Gasteiger partial charge is 0.267 e. The maximum atomic E-state index is 14.1. The summed E-state index contributed by atoms with van der Waals surface area (Å²) in [5.74, 6) is 0.159. The van der Waals surface area contributed by atoms with Crippen LogP contribution in [0.5, 0.6) is 0 Å². The van der Waals surface area contributed by atoms with Gasteiger partial charge < -0.3 is 0 Å². The van der Waals surface area contributed by atoms with Gasteiger partial charge in [-0.3, -0.25) is 9.36 Å². The Labute approximate surface area is 177 Å². The molecule has 0 bridgehead atoms. The molecular weight excluding hydrogens is 403 g/mol. The summed E-state index contributed by atoms with van der Waals surface area (Å²) >= 11 is 2.96. The molecule has 2 aromatic carbocycles. The van der Waals surface area contributed by atoms with Crippen molar-refractivity contribution in [2.75, 3.05) is 0 Å². The molecule has 0 N–H and O–H groups in total. The Morgan fingerprint density at radius 1 is 1.10 bits per heavy atom. The van der Waals surface area contributed by atoms with Crippen molar-refractivity contribution < 1.29 is 4.39 Å². The van der Waals surface area contributed by atoms with Crippen LogP contribution in [0.15, 0.2) is 58.5 Å². The van der Waals surface area contributed by atoms with E-state index in [1.165, 1.54) is 22.7 Å². The minimum Gasteiger partial charge on any atom is -0.268 e. The lowest BCUT2D eigenvalue weighted by Crippen LogP contribution is -2.21. The monoisotopic (exact) mass is 424 g/mol.